The van der Waals surface area contributed by atoms with Crippen LogP contribution in [-0.4, -0.2) is 33.5 Å². The lowest BCUT2D eigenvalue weighted by molar-refractivity contribution is -0.150. The number of pyridine rings is 2. The Hall–Kier alpha value is -4.03. The van der Waals surface area contributed by atoms with E-state index in [0.717, 1.165) is 12.3 Å². The van der Waals surface area contributed by atoms with Gasteiger partial charge in [-0.15, -0.1) is 0 Å². The zero-order chi connectivity index (χ0) is 25.3. The number of anilines is 1. The molecule has 1 aromatic carbocycles. The summed E-state index contributed by atoms with van der Waals surface area (Å²) in [5.41, 5.74) is -5.64. The van der Waals surface area contributed by atoms with Crippen molar-refractivity contribution >= 4 is 17.6 Å². The van der Waals surface area contributed by atoms with Crippen LogP contribution in [0.1, 0.15) is 21.7 Å². The van der Waals surface area contributed by atoms with E-state index < -0.39 is 53.5 Å². The van der Waals surface area contributed by atoms with E-state index in [1.165, 1.54) is 30.5 Å². The number of carboxylic acid groups (broad SMARTS) is 1. The van der Waals surface area contributed by atoms with Crippen LogP contribution >= 0.6 is 0 Å². The Labute approximate surface area is 186 Å². The van der Waals surface area contributed by atoms with E-state index in [9.17, 15) is 45.4 Å². The first-order valence-corrected chi connectivity index (χ1v) is 9.18. The molecular weight excluding hydrogens is 475 g/mol. The number of halogens is 7. The van der Waals surface area contributed by atoms with Crippen molar-refractivity contribution in [3.63, 3.8) is 0 Å². The summed E-state index contributed by atoms with van der Waals surface area (Å²) in [7, 11) is 0. The van der Waals surface area contributed by atoms with E-state index in [1.807, 2.05) is 0 Å². The number of carboxylic acids is 1. The number of hydrogen-bond donors (Lipinski definition) is 1. The summed E-state index contributed by atoms with van der Waals surface area (Å²) in [6.45, 7) is -1.17. The van der Waals surface area contributed by atoms with Crippen molar-refractivity contribution in [3.05, 3.63) is 77.6 Å². The topological polar surface area (TPSA) is 83.4 Å². The maximum Gasteiger partial charge on any atom is 0.433 e. The van der Waals surface area contributed by atoms with Crippen LogP contribution in [0.25, 0.3) is 11.1 Å². The Balaban J connectivity index is 2.21. The first kappa shape index (κ1) is 24.6. The molecule has 6 nitrogen and oxygen atoms in total. The van der Waals surface area contributed by atoms with Gasteiger partial charge in [0.25, 0.3) is 5.91 Å². The fraction of sp³-hybridized carbons (Fsp3) is 0.143. The SMILES string of the molecule is O=C(O)CN(C(=O)c1cc(C(F)(F)F)nc(C(F)(F)F)c1)c1cnccc1-c1ccccc1F. The van der Waals surface area contributed by atoms with E-state index in [2.05, 4.69) is 9.97 Å². The van der Waals surface area contributed by atoms with Crippen molar-refractivity contribution < 1.29 is 45.4 Å². The average molecular weight is 487 g/mol. The highest BCUT2D eigenvalue weighted by Crippen LogP contribution is 2.36. The number of aliphatic carboxylic acids is 1. The third-order valence-corrected chi connectivity index (χ3v) is 4.45. The quantitative estimate of drug-likeness (QED) is 0.510. The molecule has 0 spiro atoms. The highest BCUT2D eigenvalue weighted by molar-refractivity contribution is 6.10. The molecule has 0 aliphatic heterocycles. The minimum Gasteiger partial charge on any atom is -0.480 e. The Morgan fingerprint density at radius 2 is 1.50 bits per heavy atom. The molecule has 0 fully saturated rings. The highest BCUT2D eigenvalue weighted by Gasteiger charge is 2.40. The smallest absolute Gasteiger partial charge is 0.433 e. The van der Waals surface area contributed by atoms with Gasteiger partial charge in [-0.05, 0) is 24.3 Å². The van der Waals surface area contributed by atoms with Gasteiger partial charge in [-0.1, -0.05) is 18.2 Å². The van der Waals surface area contributed by atoms with Gasteiger partial charge in [0.2, 0.25) is 0 Å². The number of benzene rings is 1. The second-order valence-corrected chi connectivity index (χ2v) is 6.78. The number of amides is 1. The van der Waals surface area contributed by atoms with Crippen molar-refractivity contribution in [2.45, 2.75) is 12.4 Å². The van der Waals surface area contributed by atoms with Gasteiger partial charge in [0, 0.05) is 22.9 Å². The minimum absolute atomic E-state index is 0.0659. The third-order valence-electron chi connectivity index (χ3n) is 4.45. The number of nitrogens with zero attached hydrogens (tertiary/aromatic N) is 3. The van der Waals surface area contributed by atoms with Crippen LogP contribution in [0.3, 0.4) is 0 Å². The fourth-order valence-corrected chi connectivity index (χ4v) is 3.01. The lowest BCUT2D eigenvalue weighted by Gasteiger charge is -2.24. The molecule has 1 amide bonds. The standard InChI is InChI=1S/C21H12F7N3O3/c22-14-4-2-1-3-12(14)13-5-6-29-9-15(13)31(10-18(32)33)19(34)11-7-16(20(23,24)25)30-17(8-11)21(26,27)28/h1-9H,10H2,(H,32,33). The summed E-state index contributed by atoms with van der Waals surface area (Å²) in [6.07, 6.45) is -8.54. The van der Waals surface area contributed by atoms with Gasteiger partial charge in [-0.2, -0.15) is 26.3 Å². The molecule has 0 atom stereocenters. The lowest BCUT2D eigenvalue weighted by Crippen LogP contribution is -2.36. The monoisotopic (exact) mass is 487 g/mol. The molecule has 0 bridgehead atoms. The van der Waals surface area contributed by atoms with E-state index >= 15 is 0 Å². The Morgan fingerprint density at radius 1 is 0.912 bits per heavy atom. The predicted octanol–water partition coefficient (Wildman–Crippen LogP) is 5.05. The van der Waals surface area contributed by atoms with Crippen LogP contribution in [0.15, 0.2) is 54.9 Å². The van der Waals surface area contributed by atoms with Crippen molar-refractivity contribution in [1.29, 1.82) is 0 Å². The van der Waals surface area contributed by atoms with Crippen molar-refractivity contribution in [3.8, 4) is 11.1 Å². The Morgan fingerprint density at radius 3 is 2.03 bits per heavy atom. The Bertz CT molecular complexity index is 1210. The molecule has 0 aliphatic rings. The van der Waals surface area contributed by atoms with Crippen LogP contribution in [0.2, 0.25) is 0 Å². The molecule has 2 aromatic heterocycles. The highest BCUT2D eigenvalue weighted by atomic mass is 19.4. The second-order valence-electron chi connectivity index (χ2n) is 6.78. The number of hydrogen-bond acceptors (Lipinski definition) is 4. The molecule has 13 heteroatoms. The van der Waals surface area contributed by atoms with Crippen molar-refractivity contribution in [2.75, 3.05) is 11.4 Å². The van der Waals surface area contributed by atoms with Crippen LogP contribution in [0.5, 0.6) is 0 Å². The molecule has 0 unspecified atom stereocenters. The molecule has 0 saturated heterocycles. The van der Waals surface area contributed by atoms with Crippen LogP contribution in [0, 0.1) is 5.82 Å². The molecular formula is C21H12F7N3O3. The number of alkyl halides is 6. The summed E-state index contributed by atoms with van der Waals surface area (Å²) < 4.78 is 93.4. The molecule has 0 radical (unpaired) electrons. The third kappa shape index (κ3) is 5.30. The Kier molecular flexibility index (Phi) is 6.57. The number of carbonyl (C=O) groups excluding carboxylic acids is 1. The summed E-state index contributed by atoms with van der Waals surface area (Å²) in [5.74, 6) is -3.94. The maximum atomic E-state index is 14.4. The molecule has 3 rings (SSSR count). The van der Waals surface area contributed by atoms with E-state index in [1.54, 1.807) is 0 Å². The summed E-state index contributed by atoms with van der Waals surface area (Å²) in [6, 6.07) is 6.50. The van der Waals surface area contributed by atoms with E-state index in [0.29, 0.717) is 4.90 Å². The van der Waals surface area contributed by atoms with E-state index in [4.69, 9.17) is 0 Å². The number of carbonyl (C=O) groups is 2. The minimum atomic E-state index is -5.33. The molecule has 1 N–H and O–H groups in total. The zero-order valence-corrected chi connectivity index (χ0v) is 16.7. The van der Waals surface area contributed by atoms with Gasteiger partial charge >= 0.3 is 18.3 Å². The van der Waals surface area contributed by atoms with Gasteiger partial charge < -0.3 is 5.11 Å². The maximum absolute atomic E-state index is 14.4. The molecule has 0 aliphatic carbocycles. The zero-order valence-electron chi connectivity index (χ0n) is 16.7. The molecule has 178 valence electrons. The van der Waals surface area contributed by atoms with Crippen LogP contribution in [0.4, 0.5) is 36.4 Å². The normalized spacial score (nSPS) is 11.9. The second kappa shape index (κ2) is 9.08. The number of rotatable bonds is 5. The molecule has 2 heterocycles. The summed E-state index contributed by atoms with van der Waals surface area (Å²) >= 11 is 0. The predicted molar refractivity (Wildman–Crippen MR) is 103 cm³/mol. The summed E-state index contributed by atoms with van der Waals surface area (Å²) in [5, 5.41) is 9.26. The molecule has 3 aromatic rings. The van der Waals surface area contributed by atoms with Gasteiger partial charge in [0.15, 0.2) is 0 Å². The number of aromatic nitrogens is 2. The molecule has 0 saturated carbocycles. The van der Waals surface area contributed by atoms with Gasteiger partial charge in [-0.3, -0.25) is 19.5 Å². The van der Waals surface area contributed by atoms with E-state index in [-0.39, 0.29) is 28.9 Å². The largest absolute Gasteiger partial charge is 0.480 e. The van der Waals surface area contributed by atoms with Crippen molar-refractivity contribution in [2.24, 2.45) is 0 Å². The van der Waals surface area contributed by atoms with Gasteiger partial charge in [0.05, 0.1) is 11.9 Å². The fourth-order valence-electron chi connectivity index (χ4n) is 3.01. The van der Waals surface area contributed by atoms with Crippen molar-refractivity contribution in [1.82, 2.24) is 9.97 Å². The van der Waals surface area contributed by atoms with Crippen LogP contribution in [-0.2, 0) is 17.1 Å². The van der Waals surface area contributed by atoms with Gasteiger partial charge in [0.1, 0.15) is 23.7 Å². The summed E-state index contributed by atoms with van der Waals surface area (Å²) in [4.78, 5) is 31.2. The van der Waals surface area contributed by atoms with Crippen LogP contribution < -0.4 is 4.90 Å². The average Bonchev–Trinajstić information content (AvgIpc) is 2.76. The molecule has 34 heavy (non-hydrogen) atoms. The first-order chi connectivity index (χ1) is 15.8. The lowest BCUT2D eigenvalue weighted by atomic mass is 10.0. The van der Waals surface area contributed by atoms with Gasteiger partial charge in [-0.25, -0.2) is 9.37 Å². The first-order valence-electron chi connectivity index (χ1n) is 9.18.